The summed E-state index contributed by atoms with van der Waals surface area (Å²) in [5.41, 5.74) is -0.350. The van der Waals surface area contributed by atoms with Crippen LogP contribution in [0.1, 0.15) is 5.82 Å². The van der Waals surface area contributed by atoms with Gasteiger partial charge in [0.1, 0.15) is 10.8 Å². The average molecular weight is 240 g/mol. The van der Waals surface area contributed by atoms with E-state index in [1.165, 1.54) is 6.33 Å². The lowest BCUT2D eigenvalue weighted by Crippen LogP contribution is -2.13. The highest BCUT2D eigenvalue weighted by Crippen LogP contribution is 2.11. The molecule has 0 amide bonds. The second-order valence-electron chi connectivity index (χ2n) is 3.11. The lowest BCUT2D eigenvalue weighted by molar-refractivity contribution is 0.918. The van der Waals surface area contributed by atoms with Crippen molar-refractivity contribution in [3.63, 3.8) is 0 Å². The highest BCUT2D eigenvalue weighted by molar-refractivity contribution is 6.32. The Kier molecular flexibility index (Phi) is 3.21. The molecule has 2 aromatic rings. The number of hydrogen-bond donors (Lipinski definition) is 3. The molecule has 0 radical (unpaired) electrons. The first-order chi connectivity index (χ1) is 7.77. The fourth-order valence-corrected chi connectivity index (χ4v) is 1.41. The molecule has 0 unspecified atom stereocenters. The van der Waals surface area contributed by atoms with E-state index in [2.05, 4.69) is 25.3 Å². The SMILES string of the molecule is O=c1[nH]cnc(NCCc2ncc[nH]2)c1Cl. The van der Waals surface area contributed by atoms with Crippen molar-refractivity contribution in [2.75, 3.05) is 11.9 Å². The van der Waals surface area contributed by atoms with Crippen LogP contribution >= 0.6 is 11.6 Å². The van der Waals surface area contributed by atoms with Crippen molar-refractivity contribution >= 4 is 17.4 Å². The number of halogens is 1. The van der Waals surface area contributed by atoms with Crippen LogP contribution in [0.2, 0.25) is 5.02 Å². The minimum absolute atomic E-state index is 0.0712. The molecule has 2 aromatic heterocycles. The number of aromatic amines is 2. The zero-order valence-electron chi connectivity index (χ0n) is 8.33. The van der Waals surface area contributed by atoms with E-state index in [4.69, 9.17) is 11.6 Å². The molecule has 3 N–H and O–H groups in total. The van der Waals surface area contributed by atoms with Crippen LogP contribution in [-0.2, 0) is 6.42 Å². The molecular formula is C9H10ClN5O. The van der Waals surface area contributed by atoms with Gasteiger partial charge < -0.3 is 15.3 Å². The summed E-state index contributed by atoms with van der Waals surface area (Å²) in [7, 11) is 0. The van der Waals surface area contributed by atoms with Gasteiger partial charge in [-0.1, -0.05) is 11.6 Å². The first-order valence-electron chi connectivity index (χ1n) is 4.72. The molecule has 6 nitrogen and oxygen atoms in total. The summed E-state index contributed by atoms with van der Waals surface area (Å²) in [4.78, 5) is 24.5. The maximum Gasteiger partial charge on any atom is 0.271 e. The number of nitrogens with one attached hydrogen (secondary N) is 3. The van der Waals surface area contributed by atoms with Crippen LogP contribution in [-0.4, -0.2) is 26.5 Å². The zero-order chi connectivity index (χ0) is 11.4. The maximum absolute atomic E-state index is 11.1. The molecule has 0 spiro atoms. The van der Waals surface area contributed by atoms with Crippen molar-refractivity contribution in [2.45, 2.75) is 6.42 Å². The van der Waals surface area contributed by atoms with Crippen LogP contribution in [0.15, 0.2) is 23.5 Å². The number of H-pyrrole nitrogens is 2. The normalized spacial score (nSPS) is 10.3. The van der Waals surface area contributed by atoms with Crippen molar-refractivity contribution in [3.05, 3.63) is 39.9 Å². The minimum atomic E-state index is -0.350. The van der Waals surface area contributed by atoms with Crippen molar-refractivity contribution < 1.29 is 0 Å². The van der Waals surface area contributed by atoms with Gasteiger partial charge in [0, 0.05) is 25.4 Å². The molecular weight excluding hydrogens is 230 g/mol. The standard InChI is InChI=1S/C9H10ClN5O/c10-7-8(14-5-15-9(7)16)13-2-1-6-11-3-4-12-6/h3-5H,1-2H2,(H,11,12)(H2,13,14,15,16). The van der Waals surface area contributed by atoms with Crippen LogP contribution in [0.4, 0.5) is 5.82 Å². The molecule has 2 rings (SSSR count). The van der Waals surface area contributed by atoms with E-state index < -0.39 is 0 Å². The molecule has 7 heteroatoms. The summed E-state index contributed by atoms with van der Waals surface area (Å²) in [5, 5.41) is 3.04. The number of anilines is 1. The second kappa shape index (κ2) is 4.80. The van der Waals surface area contributed by atoms with Crippen LogP contribution in [0.25, 0.3) is 0 Å². The summed E-state index contributed by atoms with van der Waals surface area (Å²) in [6, 6.07) is 0. The molecule has 2 heterocycles. The number of aromatic nitrogens is 4. The van der Waals surface area contributed by atoms with E-state index in [9.17, 15) is 4.79 Å². The van der Waals surface area contributed by atoms with Gasteiger partial charge in [0.15, 0.2) is 5.82 Å². The number of hydrogen-bond acceptors (Lipinski definition) is 4. The lowest BCUT2D eigenvalue weighted by atomic mass is 10.4. The van der Waals surface area contributed by atoms with Gasteiger partial charge in [0.2, 0.25) is 0 Å². The summed E-state index contributed by atoms with van der Waals surface area (Å²) in [5.74, 6) is 1.26. The van der Waals surface area contributed by atoms with Gasteiger partial charge in [-0.15, -0.1) is 0 Å². The van der Waals surface area contributed by atoms with Gasteiger partial charge in [0.25, 0.3) is 5.56 Å². The quantitative estimate of drug-likeness (QED) is 0.737. The predicted molar refractivity (Wildman–Crippen MR) is 60.6 cm³/mol. The molecule has 16 heavy (non-hydrogen) atoms. The summed E-state index contributed by atoms with van der Waals surface area (Å²) >= 11 is 5.76. The van der Waals surface area contributed by atoms with E-state index in [1.807, 2.05) is 0 Å². The number of nitrogens with zero attached hydrogens (tertiary/aromatic N) is 2. The Balaban J connectivity index is 1.95. The Bertz CT molecular complexity index is 507. The third-order valence-corrected chi connectivity index (χ3v) is 2.36. The first kappa shape index (κ1) is 10.7. The van der Waals surface area contributed by atoms with Crippen LogP contribution in [0, 0.1) is 0 Å². The highest BCUT2D eigenvalue weighted by atomic mass is 35.5. The summed E-state index contributed by atoms with van der Waals surface area (Å²) in [6.45, 7) is 0.601. The Morgan fingerprint density at radius 1 is 1.38 bits per heavy atom. The van der Waals surface area contributed by atoms with Crippen LogP contribution in [0.3, 0.4) is 0 Å². The molecule has 0 aromatic carbocycles. The molecule has 0 atom stereocenters. The van der Waals surface area contributed by atoms with Gasteiger partial charge in [-0.3, -0.25) is 4.79 Å². The topological polar surface area (TPSA) is 86.5 Å². The van der Waals surface area contributed by atoms with Gasteiger partial charge >= 0.3 is 0 Å². The summed E-state index contributed by atoms with van der Waals surface area (Å²) < 4.78 is 0. The molecule has 0 aliphatic carbocycles. The number of imidazole rings is 1. The molecule has 0 aliphatic rings. The highest BCUT2D eigenvalue weighted by Gasteiger charge is 2.04. The lowest BCUT2D eigenvalue weighted by Gasteiger charge is -2.04. The van der Waals surface area contributed by atoms with Gasteiger partial charge in [-0.25, -0.2) is 9.97 Å². The summed E-state index contributed by atoms with van der Waals surface area (Å²) in [6.07, 6.45) is 5.46. The zero-order valence-corrected chi connectivity index (χ0v) is 9.08. The maximum atomic E-state index is 11.1. The van der Waals surface area contributed by atoms with Crippen molar-refractivity contribution in [1.29, 1.82) is 0 Å². The fourth-order valence-electron chi connectivity index (χ4n) is 1.24. The molecule has 0 aliphatic heterocycles. The second-order valence-corrected chi connectivity index (χ2v) is 3.48. The van der Waals surface area contributed by atoms with E-state index in [1.54, 1.807) is 12.4 Å². The average Bonchev–Trinajstić information content (AvgIpc) is 2.77. The monoisotopic (exact) mass is 239 g/mol. The Hall–Kier alpha value is -1.82. The van der Waals surface area contributed by atoms with Crippen LogP contribution < -0.4 is 10.9 Å². The number of rotatable bonds is 4. The van der Waals surface area contributed by atoms with E-state index in [0.717, 1.165) is 5.82 Å². The third kappa shape index (κ3) is 2.40. The van der Waals surface area contributed by atoms with Gasteiger partial charge in [0.05, 0.1) is 6.33 Å². The fraction of sp³-hybridized carbons (Fsp3) is 0.222. The van der Waals surface area contributed by atoms with E-state index in [-0.39, 0.29) is 10.6 Å². The predicted octanol–water partition coefficient (Wildman–Crippen LogP) is 0.801. The van der Waals surface area contributed by atoms with Crippen LogP contribution in [0.5, 0.6) is 0 Å². The molecule has 84 valence electrons. The Morgan fingerprint density at radius 3 is 3.00 bits per heavy atom. The molecule has 0 saturated carbocycles. The molecule has 0 bridgehead atoms. The molecule has 0 saturated heterocycles. The Morgan fingerprint density at radius 2 is 2.25 bits per heavy atom. The largest absolute Gasteiger partial charge is 0.368 e. The molecule has 0 fully saturated rings. The van der Waals surface area contributed by atoms with E-state index in [0.29, 0.717) is 18.8 Å². The van der Waals surface area contributed by atoms with Crippen molar-refractivity contribution in [3.8, 4) is 0 Å². The minimum Gasteiger partial charge on any atom is -0.368 e. The van der Waals surface area contributed by atoms with Gasteiger partial charge in [-0.2, -0.15) is 0 Å². The van der Waals surface area contributed by atoms with Crippen molar-refractivity contribution in [2.24, 2.45) is 0 Å². The Labute approximate surface area is 96.1 Å². The van der Waals surface area contributed by atoms with Crippen molar-refractivity contribution in [1.82, 2.24) is 19.9 Å². The van der Waals surface area contributed by atoms with Gasteiger partial charge in [-0.05, 0) is 0 Å². The first-order valence-corrected chi connectivity index (χ1v) is 5.10. The third-order valence-electron chi connectivity index (χ3n) is 2.01. The smallest absolute Gasteiger partial charge is 0.271 e. The van der Waals surface area contributed by atoms with E-state index >= 15 is 0 Å².